The van der Waals surface area contributed by atoms with Gasteiger partial charge >= 0.3 is 0 Å². The summed E-state index contributed by atoms with van der Waals surface area (Å²) in [7, 11) is 0. The second-order valence-electron chi connectivity index (χ2n) is 7.01. The molecule has 1 amide bonds. The fraction of sp³-hybridized carbons (Fsp3) is 0.625. The Morgan fingerprint density at radius 1 is 1.39 bits per heavy atom. The van der Waals surface area contributed by atoms with Crippen LogP contribution in [0.1, 0.15) is 56.8 Å². The van der Waals surface area contributed by atoms with Crippen molar-refractivity contribution in [1.82, 2.24) is 24.6 Å². The second-order valence-corrected chi connectivity index (χ2v) is 7.90. The zero-order valence-corrected chi connectivity index (χ0v) is 14.7. The summed E-state index contributed by atoms with van der Waals surface area (Å²) in [5.74, 6) is 0.0905. The molecule has 124 valence electrons. The highest BCUT2D eigenvalue weighted by Gasteiger charge is 2.31. The van der Waals surface area contributed by atoms with Crippen molar-refractivity contribution in [2.24, 2.45) is 0 Å². The van der Waals surface area contributed by atoms with Gasteiger partial charge < -0.3 is 4.90 Å². The molecule has 0 bridgehead atoms. The summed E-state index contributed by atoms with van der Waals surface area (Å²) in [6.07, 6.45) is 6.22. The van der Waals surface area contributed by atoms with Crippen LogP contribution in [-0.4, -0.2) is 37.1 Å². The zero-order chi connectivity index (χ0) is 16.4. The second kappa shape index (κ2) is 6.39. The lowest BCUT2D eigenvalue weighted by atomic mass is 9.93. The van der Waals surface area contributed by atoms with Crippen LogP contribution in [0.3, 0.4) is 0 Å². The number of carbonyl (C=O) groups is 1. The summed E-state index contributed by atoms with van der Waals surface area (Å²) in [6, 6.07) is 0.0980. The Bertz CT molecular complexity index is 658. The molecule has 3 heterocycles. The molecular weight excluding hydrogens is 310 g/mol. The third-order valence-corrected chi connectivity index (χ3v) is 5.11. The highest BCUT2D eigenvalue weighted by Crippen LogP contribution is 2.35. The van der Waals surface area contributed by atoms with Gasteiger partial charge in [-0.1, -0.05) is 20.8 Å². The lowest BCUT2D eigenvalue weighted by molar-refractivity contribution is -0.136. The van der Waals surface area contributed by atoms with E-state index in [1.807, 2.05) is 4.90 Å². The molecule has 0 unspecified atom stereocenters. The minimum absolute atomic E-state index is 0.0407. The summed E-state index contributed by atoms with van der Waals surface area (Å²) in [6.45, 7) is 7.54. The number of carbonyl (C=O) groups excluding carboxylic acids is 1. The molecule has 2 aromatic heterocycles. The van der Waals surface area contributed by atoms with E-state index in [0.717, 1.165) is 36.5 Å². The van der Waals surface area contributed by atoms with Gasteiger partial charge in [0.1, 0.15) is 24.2 Å². The monoisotopic (exact) mass is 333 g/mol. The summed E-state index contributed by atoms with van der Waals surface area (Å²) in [5.41, 5.74) is 1.14. The first-order chi connectivity index (χ1) is 10.9. The Labute approximate surface area is 140 Å². The number of piperidine rings is 1. The Kier molecular flexibility index (Phi) is 4.48. The first-order valence-electron chi connectivity index (χ1n) is 8.03. The Morgan fingerprint density at radius 3 is 2.87 bits per heavy atom. The van der Waals surface area contributed by atoms with Crippen LogP contribution in [-0.2, 0) is 16.8 Å². The van der Waals surface area contributed by atoms with Crippen molar-refractivity contribution < 1.29 is 4.79 Å². The van der Waals surface area contributed by atoms with Gasteiger partial charge in [0, 0.05) is 17.3 Å². The topological polar surface area (TPSA) is 63.9 Å². The first-order valence-corrected chi connectivity index (χ1v) is 8.91. The van der Waals surface area contributed by atoms with Crippen LogP contribution in [0.15, 0.2) is 18.0 Å². The maximum Gasteiger partial charge on any atom is 0.244 e. The molecule has 2 aromatic rings. The Hall–Kier alpha value is -1.76. The van der Waals surface area contributed by atoms with Gasteiger partial charge in [-0.05, 0) is 19.3 Å². The SMILES string of the molecule is CC(C)(C)c1csc([C@@H]2CCCCN2C(=O)Cn2cncn2)n1. The van der Waals surface area contributed by atoms with E-state index in [0.29, 0.717) is 0 Å². The van der Waals surface area contributed by atoms with Gasteiger partial charge in [0.05, 0.1) is 11.7 Å². The molecular formula is C16H23N5OS. The molecule has 1 saturated heterocycles. The van der Waals surface area contributed by atoms with Crippen LogP contribution >= 0.6 is 11.3 Å². The number of thiazole rings is 1. The molecule has 0 radical (unpaired) electrons. The van der Waals surface area contributed by atoms with Gasteiger partial charge in [-0.25, -0.2) is 14.6 Å². The van der Waals surface area contributed by atoms with Crippen molar-refractivity contribution in [3.63, 3.8) is 0 Å². The molecule has 0 aromatic carbocycles. The molecule has 1 fully saturated rings. The average molecular weight is 333 g/mol. The van der Waals surface area contributed by atoms with Crippen LogP contribution in [0.25, 0.3) is 0 Å². The van der Waals surface area contributed by atoms with Crippen molar-refractivity contribution in [3.05, 3.63) is 28.7 Å². The van der Waals surface area contributed by atoms with Gasteiger partial charge in [-0.3, -0.25) is 4.79 Å². The van der Waals surface area contributed by atoms with Crippen molar-refractivity contribution in [2.75, 3.05) is 6.54 Å². The third-order valence-electron chi connectivity index (χ3n) is 4.16. The van der Waals surface area contributed by atoms with Crippen LogP contribution < -0.4 is 0 Å². The van der Waals surface area contributed by atoms with Gasteiger partial charge in [-0.15, -0.1) is 11.3 Å². The van der Waals surface area contributed by atoms with E-state index in [-0.39, 0.29) is 23.9 Å². The number of aromatic nitrogens is 4. The van der Waals surface area contributed by atoms with E-state index in [1.54, 1.807) is 22.3 Å². The Morgan fingerprint density at radius 2 is 2.22 bits per heavy atom. The summed E-state index contributed by atoms with van der Waals surface area (Å²) < 4.78 is 1.58. The van der Waals surface area contributed by atoms with Gasteiger partial charge in [0.15, 0.2) is 0 Å². The molecule has 7 heteroatoms. The van der Waals surface area contributed by atoms with Crippen molar-refractivity contribution in [1.29, 1.82) is 0 Å². The highest BCUT2D eigenvalue weighted by atomic mass is 32.1. The fourth-order valence-electron chi connectivity index (χ4n) is 2.82. The van der Waals surface area contributed by atoms with E-state index in [2.05, 4.69) is 36.2 Å². The van der Waals surface area contributed by atoms with Crippen molar-refractivity contribution >= 4 is 17.2 Å². The number of hydrogen-bond donors (Lipinski definition) is 0. The maximum atomic E-state index is 12.7. The summed E-state index contributed by atoms with van der Waals surface area (Å²) in [5, 5.41) is 7.22. The number of likely N-dealkylation sites (tertiary alicyclic amines) is 1. The highest BCUT2D eigenvalue weighted by molar-refractivity contribution is 7.09. The van der Waals surface area contributed by atoms with Gasteiger partial charge in [0.25, 0.3) is 0 Å². The van der Waals surface area contributed by atoms with E-state index < -0.39 is 0 Å². The molecule has 0 N–H and O–H groups in total. The third kappa shape index (κ3) is 3.60. The predicted molar refractivity (Wildman–Crippen MR) is 89.1 cm³/mol. The van der Waals surface area contributed by atoms with E-state index >= 15 is 0 Å². The lowest BCUT2D eigenvalue weighted by Crippen LogP contribution is -2.40. The van der Waals surface area contributed by atoms with Gasteiger partial charge in [0.2, 0.25) is 5.91 Å². The number of nitrogens with zero attached hydrogens (tertiary/aromatic N) is 5. The number of amides is 1. The zero-order valence-electron chi connectivity index (χ0n) is 13.9. The standard InChI is InChI=1S/C16H23N5OS/c1-16(2,3)13-9-23-15(19-13)12-6-4-5-7-21(12)14(22)8-20-11-17-10-18-20/h9-12H,4-8H2,1-3H3/t12-/m0/s1. The van der Waals surface area contributed by atoms with Crippen molar-refractivity contribution in [3.8, 4) is 0 Å². The van der Waals surface area contributed by atoms with E-state index in [1.165, 1.54) is 6.33 Å². The minimum atomic E-state index is 0.0407. The molecule has 23 heavy (non-hydrogen) atoms. The summed E-state index contributed by atoms with van der Waals surface area (Å²) in [4.78, 5) is 23.4. The summed E-state index contributed by atoms with van der Waals surface area (Å²) >= 11 is 1.67. The van der Waals surface area contributed by atoms with Gasteiger partial charge in [-0.2, -0.15) is 5.10 Å². The molecule has 0 aliphatic carbocycles. The Balaban J connectivity index is 1.78. The largest absolute Gasteiger partial charge is 0.332 e. The first kappa shape index (κ1) is 16.1. The lowest BCUT2D eigenvalue weighted by Gasteiger charge is -2.34. The molecule has 3 rings (SSSR count). The smallest absolute Gasteiger partial charge is 0.244 e. The average Bonchev–Trinajstić information content (AvgIpc) is 3.18. The minimum Gasteiger partial charge on any atom is -0.332 e. The van der Waals surface area contributed by atoms with E-state index in [9.17, 15) is 4.79 Å². The normalized spacial score (nSPS) is 19.1. The molecule has 1 aliphatic heterocycles. The van der Waals surface area contributed by atoms with Crippen LogP contribution in [0, 0.1) is 0 Å². The maximum absolute atomic E-state index is 12.7. The van der Waals surface area contributed by atoms with E-state index in [4.69, 9.17) is 4.98 Å². The van der Waals surface area contributed by atoms with Crippen molar-refractivity contribution in [2.45, 2.75) is 58.0 Å². The van der Waals surface area contributed by atoms with Crippen LogP contribution in [0.2, 0.25) is 0 Å². The fourth-order valence-corrected chi connectivity index (χ4v) is 4.01. The quantitative estimate of drug-likeness (QED) is 0.866. The number of hydrogen-bond acceptors (Lipinski definition) is 5. The van der Waals surface area contributed by atoms with Crippen LogP contribution in [0.5, 0.6) is 0 Å². The predicted octanol–water partition coefficient (Wildman–Crippen LogP) is 2.79. The van der Waals surface area contributed by atoms with Crippen LogP contribution in [0.4, 0.5) is 0 Å². The molecule has 0 spiro atoms. The number of rotatable bonds is 3. The molecule has 6 nitrogen and oxygen atoms in total. The molecule has 1 atom stereocenters. The molecule has 0 saturated carbocycles. The molecule has 1 aliphatic rings.